The van der Waals surface area contributed by atoms with Crippen molar-refractivity contribution >= 4 is 11.6 Å². The molecule has 0 saturated carbocycles. The van der Waals surface area contributed by atoms with Crippen molar-refractivity contribution < 1.29 is 0 Å². The summed E-state index contributed by atoms with van der Waals surface area (Å²) in [6.45, 7) is 0. The van der Waals surface area contributed by atoms with E-state index in [0.29, 0.717) is 6.04 Å². The van der Waals surface area contributed by atoms with Crippen molar-refractivity contribution in [3.63, 3.8) is 0 Å². The number of hydrogen-bond donors (Lipinski definition) is 1. The highest BCUT2D eigenvalue weighted by Crippen LogP contribution is 2.29. The molecule has 1 N–H and O–H groups in total. The Kier molecular flexibility index (Phi) is 5.27. The molecule has 18 heavy (non-hydrogen) atoms. The summed E-state index contributed by atoms with van der Waals surface area (Å²) in [4.78, 5) is 0. The predicted octanol–water partition coefficient (Wildman–Crippen LogP) is 4.88. The Labute approximate surface area is 115 Å². The standard InChI is InChI=1S/C16H22ClN/c1-18-16(14-9-11-15(17)12-10-14)13-7-5-3-2-4-6-8-13/h7,9-12,16,18H,2-6,8H2,1H3/b13-7+. The maximum atomic E-state index is 5.96. The van der Waals surface area contributed by atoms with E-state index < -0.39 is 0 Å². The third-order valence-electron chi connectivity index (χ3n) is 3.69. The lowest BCUT2D eigenvalue weighted by Gasteiger charge is -2.22. The molecule has 1 aromatic rings. The molecule has 0 amide bonds. The zero-order valence-corrected chi connectivity index (χ0v) is 11.8. The number of hydrogen-bond acceptors (Lipinski definition) is 1. The van der Waals surface area contributed by atoms with Crippen molar-refractivity contribution in [3.05, 3.63) is 46.5 Å². The van der Waals surface area contributed by atoms with Crippen LogP contribution in [0.4, 0.5) is 0 Å². The van der Waals surface area contributed by atoms with Crippen molar-refractivity contribution in [1.29, 1.82) is 0 Å². The van der Waals surface area contributed by atoms with Crippen LogP contribution in [0.2, 0.25) is 5.02 Å². The summed E-state index contributed by atoms with van der Waals surface area (Å²) >= 11 is 5.96. The van der Waals surface area contributed by atoms with Crippen LogP contribution in [-0.4, -0.2) is 7.05 Å². The molecule has 0 aromatic heterocycles. The fraction of sp³-hybridized carbons (Fsp3) is 0.500. The molecule has 0 radical (unpaired) electrons. The zero-order chi connectivity index (χ0) is 12.8. The first-order chi connectivity index (χ1) is 8.81. The average molecular weight is 264 g/mol. The van der Waals surface area contributed by atoms with Gasteiger partial charge in [-0.3, -0.25) is 0 Å². The molecule has 0 heterocycles. The van der Waals surface area contributed by atoms with Crippen molar-refractivity contribution in [3.8, 4) is 0 Å². The van der Waals surface area contributed by atoms with Crippen LogP contribution >= 0.6 is 11.6 Å². The van der Waals surface area contributed by atoms with Gasteiger partial charge in [-0.1, -0.05) is 48.2 Å². The lowest BCUT2D eigenvalue weighted by Crippen LogP contribution is -2.19. The SMILES string of the molecule is CNC(/C1=C/CCCCCC1)c1ccc(Cl)cc1. The minimum Gasteiger partial charge on any atom is -0.310 e. The molecule has 2 heteroatoms. The number of likely N-dealkylation sites (N-methyl/N-ethyl adjacent to an activating group) is 1. The van der Waals surface area contributed by atoms with Gasteiger partial charge in [0.1, 0.15) is 0 Å². The van der Waals surface area contributed by atoms with Crippen molar-refractivity contribution in [2.45, 2.75) is 44.6 Å². The summed E-state index contributed by atoms with van der Waals surface area (Å²) in [6.07, 6.45) is 10.3. The van der Waals surface area contributed by atoms with E-state index in [4.69, 9.17) is 11.6 Å². The van der Waals surface area contributed by atoms with Crippen molar-refractivity contribution in [2.24, 2.45) is 0 Å². The first-order valence-corrected chi connectivity index (χ1v) is 7.30. The number of allylic oxidation sites excluding steroid dienone is 1. The minimum atomic E-state index is 0.348. The number of halogens is 1. The molecule has 98 valence electrons. The Balaban J connectivity index is 2.18. The predicted molar refractivity (Wildman–Crippen MR) is 79.0 cm³/mol. The highest BCUT2D eigenvalue weighted by Gasteiger charge is 2.15. The Morgan fingerprint density at radius 3 is 2.50 bits per heavy atom. The first-order valence-electron chi connectivity index (χ1n) is 6.93. The van der Waals surface area contributed by atoms with E-state index in [2.05, 4.69) is 23.5 Å². The van der Waals surface area contributed by atoms with E-state index in [9.17, 15) is 0 Å². The van der Waals surface area contributed by atoms with E-state index >= 15 is 0 Å². The maximum absolute atomic E-state index is 5.96. The number of nitrogens with one attached hydrogen (secondary N) is 1. The quantitative estimate of drug-likeness (QED) is 0.767. The van der Waals surface area contributed by atoms with Gasteiger partial charge in [0.15, 0.2) is 0 Å². The smallest absolute Gasteiger partial charge is 0.0533 e. The summed E-state index contributed by atoms with van der Waals surface area (Å²) in [6, 6.07) is 8.56. The summed E-state index contributed by atoms with van der Waals surface area (Å²) in [5.74, 6) is 0. The number of rotatable bonds is 3. The summed E-state index contributed by atoms with van der Waals surface area (Å²) in [5, 5.41) is 4.25. The molecule has 0 spiro atoms. The number of benzene rings is 1. The molecule has 1 aliphatic rings. The molecule has 2 rings (SSSR count). The van der Waals surface area contributed by atoms with E-state index in [-0.39, 0.29) is 0 Å². The van der Waals surface area contributed by atoms with Gasteiger partial charge in [0.25, 0.3) is 0 Å². The van der Waals surface area contributed by atoms with Gasteiger partial charge in [-0.2, -0.15) is 0 Å². The fourth-order valence-electron chi connectivity index (χ4n) is 2.70. The van der Waals surface area contributed by atoms with Crippen LogP contribution < -0.4 is 5.32 Å². The Bertz CT molecular complexity index is 394. The molecular weight excluding hydrogens is 242 g/mol. The van der Waals surface area contributed by atoms with Crippen LogP contribution in [0.15, 0.2) is 35.9 Å². The highest BCUT2D eigenvalue weighted by atomic mass is 35.5. The van der Waals surface area contributed by atoms with Crippen LogP contribution in [0.3, 0.4) is 0 Å². The molecule has 0 bridgehead atoms. The van der Waals surface area contributed by atoms with E-state index in [1.165, 1.54) is 44.1 Å². The second kappa shape index (κ2) is 6.96. The average Bonchev–Trinajstić information content (AvgIpc) is 2.34. The molecule has 0 fully saturated rings. The first kappa shape index (κ1) is 13.6. The van der Waals surface area contributed by atoms with Crippen LogP contribution in [0.25, 0.3) is 0 Å². The molecule has 0 aliphatic heterocycles. The van der Waals surface area contributed by atoms with Crippen LogP contribution in [0, 0.1) is 0 Å². The summed E-state index contributed by atoms with van der Waals surface area (Å²) in [5.41, 5.74) is 2.85. The van der Waals surface area contributed by atoms with E-state index in [0.717, 1.165) is 5.02 Å². The van der Waals surface area contributed by atoms with Crippen LogP contribution in [0.1, 0.15) is 50.1 Å². The third kappa shape index (κ3) is 3.60. The fourth-order valence-corrected chi connectivity index (χ4v) is 2.83. The summed E-state index contributed by atoms with van der Waals surface area (Å²) < 4.78 is 0. The topological polar surface area (TPSA) is 12.0 Å². The Morgan fingerprint density at radius 1 is 1.06 bits per heavy atom. The lowest BCUT2D eigenvalue weighted by molar-refractivity contribution is 0.574. The van der Waals surface area contributed by atoms with Gasteiger partial charge in [-0.05, 0) is 50.4 Å². The Hall–Kier alpha value is -0.790. The second-order valence-electron chi connectivity index (χ2n) is 5.01. The van der Waals surface area contributed by atoms with Gasteiger partial charge in [0, 0.05) is 5.02 Å². The molecule has 1 unspecified atom stereocenters. The third-order valence-corrected chi connectivity index (χ3v) is 3.94. The molecule has 1 atom stereocenters. The molecule has 1 nitrogen and oxygen atoms in total. The van der Waals surface area contributed by atoms with Gasteiger partial charge in [0.2, 0.25) is 0 Å². The minimum absolute atomic E-state index is 0.348. The molecular formula is C16H22ClN. The largest absolute Gasteiger partial charge is 0.310 e. The summed E-state index contributed by atoms with van der Waals surface area (Å²) in [7, 11) is 2.04. The van der Waals surface area contributed by atoms with Gasteiger partial charge >= 0.3 is 0 Å². The van der Waals surface area contributed by atoms with Gasteiger partial charge in [-0.25, -0.2) is 0 Å². The van der Waals surface area contributed by atoms with Crippen molar-refractivity contribution in [1.82, 2.24) is 5.32 Å². The maximum Gasteiger partial charge on any atom is 0.0533 e. The van der Waals surface area contributed by atoms with Gasteiger partial charge in [0.05, 0.1) is 6.04 Å². The second-order valence-corrected chi connectivity index (χ2v) is 5.44. The monoisotopic (exact) mass is 263 g/mol. The van der Waals surface area contributed by atoms with E-state index in [1.54, 1.807) is 5.57 Å². The Morgan fingerprint density at radius 2 is 1.78 bits per heavy atom. The van der Waals surface area contributed by atoms with Gasteiger partial charge in [-0.15, -0.1) is 0 Å². The zero-order valence-electron chi connectivity index (χ0n) is 11.1. The normalized spacial score (nSPS) is 21.6. The molecule has 1 aliphatic carbocycles. The van der Waals surface area contributed by atoms with Gasteiger partial charge < -0.3 is 5.32 Å². The lowest BCUT2D eigenvalue weighted by atomic mass is 9.91. The van der Waals surface area contributed by atoms with Crippen molar-refractivity contribution in [2.75, 3.05) is 7.05 Å². The van der Waals surface area contributed by atoms with Crippen LogP contribution in [-0.2, 0) is 0 Å². The highest BCUT2D eigenvalue weighted by molar-refractivity contribution is 6.30. The van der Waals surface area contributed by atoms with Crippen LogP contribution in [0.5, 0.6) is 0 Å². The molecule has 0 saturated heterocycles. The van der Waals surface area contributed by atoms with E-state index in [1.807, 2.05) is 19.2 Å². The molecule has 1 aromatic carbocycles.